The summed E-state index contributed by atoms with van der Waals surface area (Å²) in [5, 5.41) is 16.7. The monoisotopic (exact) mass is 366 g/mol. The molecule has 140 valence electrons. The van der Waals surface area contributed by atoms with Crippen molar-refractivity contribution in [3.8, 4) is 0 Å². The van der Waals surface area contributed by atoms with Crippen LogP contribution in [0, 0.1) is 0 Å². The van der Waals surface area contributed by atoms with Crippen LogP contribution in [-0.4, -0.2) is 59.1 Å². The van der Waals surface area contributed by atoms with Gasteiger partial charge in [0.2, 0.25) is 5.91 Å². The van der Waals surface area contributed by atoms with Gasteiger partial charge in [-0.05, 0) is 12.8 Å². The Morgan fingerprint density at radius 2 is 2.04 bits per heavy atom. The summed E-state index contributed by atoms with van der Waals surface area (Å²) in [5.74, 6) is -1.70. The molecule has 9 nitrogen and oxygen atoms in total. The summed E-state index contributed by atoms with van der Waals surface area (Å²) in [7, 11) is 0. The molecule has 3 rings (SSSR count). The Morgan fingerprint density at radius 1 is 1.36 bits per heavy atom. The second-order valence-corrected chi connectivity index (χ2v) is 5.45. The highest BCUT2D eigenvalue weighted by atomic mass is 19.4. The molecule has 1 saturated carbocycles. The summed E-state index contributed by atoms with van der Waals surface area (Å²) in [6.07, 6.45) is -1.63. The average Bonchev–Trinajstić information content (AvgIpc) is 2.81. The van der Waals surface area contributed by atoms with E-state index in [1.54, 1.807) is 0 Å². The van der Waals surface area contributed by atoms with Gasteiger partial charge in [0, 0.05) is 12.5 Å². The summed E-state index contributed by atoms with van der Waals surface area (Å²) >= 11 is 0. The lowest BCUT2D eigenvalue weighted by molar-refractivity contribution is -0.192. The topological polar surface area (TPSA) is 127 Å². The Balaban J connectivity index is 0.000000277. The third-order valence-electron chi connectivity index (χ3n) is 3.60. The summed E-state index contributed by atoms with van der Waals surface area (Å²) in [4.78, 5) is 24.8. The van der Waals surface area contributed by atoms with E-state index in [-0.39, 0.29) is 5.91 Å². The highest BCUT2D eigenvalue weighted by Gasteiger charge is 2.38. The van der Waals surface area contributed by atoms with Crippen LogP contribution < -0.4 is 10.6 Å². The zero-order valence-corrected chi connectivity index (χ0v) is 13.0. The first-order valence-electron chi connectivity index (χ1n) is 7.53. The van der Waals surface area contributed by atoms with Crippen LogP contribution in [0.4, 0.5) is 19.2 Å². The molecular formula is C13H17F3N4O5. The number of carbonyl (C=O) groups is 2. The molecule has 25 heavy (non-hydrogen) atoms. The maximum absolute atomic E-state index is 11.7. The predicted octanol–water partition coefficient (Wildman–Crippen LogP) is 0.897. The summed E-state index contributed by atoms with van der Waals surface area (Å²) in [6.45, 7) is 1.38. The summed E-state index contributed by atoms with van der Waals surface area (Å²) < 4.78 is 42.1. The number of nitrogens with one attached hydrogen (secondary N) is 2. The first kappa shape index (κ1) is 19.0. The molecular weight excluding hydrogens is 349 g/mol. The van der Waals surface area contributed by atoms with E-state index in [0.29, 0.717) is 31.7 Å². The first-order valence-corrected chi connectivity index (χ1v) is 7.53. The van der Waals surface area contributed by atoms with Gasteiger partial charge in [0.15, 0.2) is 5.82 Å². The number of hydrogen-bond acceptors (Lipinski definition) is 7. The molecule has 0 aromatic carbocycles. The molecule has 1 atom stereocenters. The summed E-state index contributed by atoms with van der Waals surface area (Å²) in [6, 6.07) is -0.176. The zero-order chi connectivity index (χ0) is 18.4. The normalized spacial score (nSPS) is 21.2. The van der Waals surface area contributed by atoms with Crippen molar-refractivity contribution >= 4 is 17.9 Å². The molecule has 2 aliphatic rings. The molecule has 0 bridgehead atoms. The third-order valence-corrected chi connectivity index (χ3v) is 3.60. The average molecular weight is 366 g/mol. The van der Waals surface area contributed by atoms with Crippen molar-refractivity contribution in [1.82, 2.24) is 15.5 Å². The van der Waals surface area contributed by atoms with E-state index in [0.717, 1.165) is 18.7 Å². The number of carboxylic acid groups (broad SMARTS) is 1. The molecule has 0 spiro atoms. The number of rotatable bonds is 3. The Hall–Kier alpha value is -2.37. The van der Waals surface area contributed by atoms with Crippen LogP contribution in [0.2, 0.25) is 0 Å². The van der Waals surface area contributed by atoms with E-state index < -0.39 is 18.2 Å². The number of carbonyl (C=O) groups excluding carboxylic acids is 1. The van der Waals surface area contributed by atoms with Crippen LogP contribution in [0.15, 0.2) is 4.52 Å². The van der Waals surface area contributed by atoms with Crippen LogP contribution in [-0.2, 0) is 14.3 Å². The molecule has 2 heterocycles. The predicted molar refractivity (Wildman–Crippen MR) is 75.8 cm³/mol. The van der Waals surface area contributed by atoms with Crippen molar-refractivity contribution < 1.29 is 37.1 Å². The van der Waals surface area contributed by atoms with Gasteiger partial charge in [0.25, 0.3) is 0 Å². The van der Waals surface area contributed by atoms with E-state index in [1.165, 1.54) is 6.42 Å². The fourth-order valence-electron chi connectivity index (χ4n) is 2.03. The van der Waals surface area contributed by atoms with Gasteiger partial charge in [-0.1, -0.05) is 11.6 Å². The smallest absolute Gasteiger partial charge is 0.475 e. The van der Waals surface area contributed by atoms with Gasteiger partial charge in [0.05, 0.1) is 13.2 Å². The van der Waals surface area contributed by atoms with E-state index in [2.05, 4.69) is 20.8 Å². The fraction of sp³-hybridized carbons (Fsp3) is 0.692. The van der Waals surface area contributed by atoms with Crippen LogP contribution in [0.3, 0.4) is 0 Å². The molecule has 0 radical (unpaired) electrons. The maximum atomic E-state index is 11.7. The SMILES string of the molecule is O=C(O)C(F)(F)F.O=C1NCCOCC1Nc1nc(C2CCC2)no1. The van der Waals surface area contributed by atoms with Crippen LogP contribution >= 0.6 is 0 Å². The number of hydrogen-bond donors (Lipinski definition) is 3. The van der Waals surface area contributed by atoms with Crippen LogP contribution in [0.1, 0.15) is 31.0 Å². The van der Waals surface area contributed by atoms with Gasteiger partial charge in [-0.3, -0.25) is 4.79 Å². The van der Waals surface area contributed by atoms with Crippen molar-refractivity contribution in [2.75, 3.05) is 25.1 Å². The largest absolute Gasteiger partial charge is 0.490 e. The maximum Gasteiger partial charge on any atom is 0.490 e. The second-order valence-electron chi connectivity index (χ2n) is 5.45. The standard InChI is InChI=1S/C11H16N4O3.C2HF3O2/c16-10-8(6-17-5-4-12-10)13-11-14-9(15-18-11)7-2-1-3-7;3-2(4,5)1(6)7/h7-8H,1-6H2,(H,12,16)(H,13,14,15);(H,6,7). The second kappa shape index (κ2) is 8.14. The fourth-order valence-corrected chi connectivity index (χ4v) is 2.03. The number of aromatic nitrogens is 2. The molecule has 3 N–H and O–H groups in total. The third kappa shape index (κ3) is 5.59. The quantitative estimate of drug-likeness (QED) is 0.720. The summed E-state index contributed by atoms with van der Waals surface area (Å²) in [5.41, 5.74) is 0. The number of ether oxygens (including phenoxy) is 1. The molecule has 1 unspecified atom stereocenters. The first-order chi connectivity index (χ1) is 11.8. The minimum Gasteiger partial charge on any atom is -0.475 e. The lowest BCUT2D eigenvalue weighted by Gasteiger charge is -2.20. The minimum atomic E-state index is -5.08. The molecule has 12 heteroatoms. The highest BCUT2D eigenvalue weighted by molar-refractivity contribution is 5.84. The molecule has 1 aliphatic carbocycles. The van der Waals surface area contributed by atoms with Crippen molar-refractivity contribution in [3.63, 3.8) is 0 Å². The van der Waals surface area contributed by atoms with Crippen molar-refractivity contribution in [3.05, 3.63) is 5.82 Å². The number of alkyl halides is 3. The van der Waals surface area contributed by atoms with Crippen molar-refractivity contribution in [2.24, 2.45) is 0 Å². The van der Waals surface area contributed by atoms with E-state index in [4.69, 9.17) is 19.2 Å². The molecule has 1 aromatic heterocycles. The van der Waals surface area contributed by atoms with Gasteiger partial charge in [-0.25, -0.2) is 4.79 Å². The van der Waals surface area contributed by atoms with Gasteiger partial charge < -0.3 is 25.0 Å². The lowest BCUT2D eigenvalue weighted by atomic mass is 9.85. The number of carboxylic acids is 1. The lowest BCUT2D eigenvalue weighted by Crippen LogP contribution is -2.40. The van der Waals surface area contributed by atoms with Gasteiger partial charge >= 0.3 is 18.2 Å². The van der Waals surface area contributed by atoms with Crippen molar-refractivity contribution in [2.45, 2.75) is 37.4 Å². The van der Waals surface area contributed by atoms with E-state index in [9.17, 15) is 18.0 Å². The highest BCUT2D eigenvalue weighted by Crippen LogP contribution is 2.34. The Bertz CT molecular complexity index is 603. The van der Waals surface area contributed by atoms with Crippen LogP contribution in [0.5, 0.6) is 0 Å². The van der Waals surface area contributed by atoms with Gasteiger partial charge in [0.1, 0.15) is 6.04 Å². The van der Waals surface area contributed by atoms with E-state index in [1.807, 2.05) is 0 Å². The zero-order valence-electron chi connectivity index (χ0n) is 13.0. The number of nitrogens with zero attached hydrogens (tertiary/aromatic N) is 2. The molecule has 2 fully saturated rings. The van der Waals surface area contributed by atoms with E-state index >= 15 is 0 Å². The van der Waals surface area contributed by atoms with Crippen molar-refractivity contribution in [1.29, 1.82) is 0 Å². The molecule has 1 amide bonds. The minimum absolute atomic E-state index is 0.101. The van der Waals surface area contributed by atoms with Gasteiger partial charge in [-0.15, -0.1) is 0 Å². The Morgan fingerprint density at radius 3 is 2.60 bits per heavy atom. The number of amides is 1. The molecule has 1 aromatic rings. The number of halogens is 3. The molecule has 1 aliphatic heterocycles. The number of anilines is 1. The Labute approximate surface area is 139 Å². The van der Waals surface area contributed by atoms with Gasteiger partial charge in [-0.2, -0.15) is 18.2 Å². The molecule has 1 saturated heterocycles. The van der Waals surface area contributed by atoms with Crippen LogP contribution in [0.25, 0.3) is 0 Å². The Kier molecular flexibility index (Phi) is 6.17. The number of aliphatic carboxylic acids is 1.